The number of hydrogen-bond donors (Lipinski definition) is 1. The number of benzene rings is 1. The van der Waals surface area contributed by atoms with E-state index in [4.69, 9.17) is 5.73 Å². The Labute approximate surface area is 102 Å². The van der Waals surface area contributed by atoms with Crippen LogP contribution < -0.4 is 10.0 Å². The quantitative estimate of drug-likeness (QED) is 0.861. The lowest BCUT2D eigenvalue weighted by Gasteiger charge is -2.22. The van der Waals surface area contributed by atoms with E-state index in [1.165, 1.54) is 4.31 Å². The zero-order valence-electron chi connectivity index (χ0n) is 10.2. The first kappa shape index (κ1) is 12.4. The van der Waals surface area contributed by atoms with Crippen molar-refractivity contribution < 1.29 is 8.42 Å². The molecule has 94 valence electrons. The molecule has 1 aromatic rings. The molecule has 0 radical (unpaired) electrons. The molecule has 2 N–H and O–H groups in total. The number of rotatable bonds is 2. The minimum absolute atomic E-state index is 0.198. The largest absolute Gasteiger partial charge is 0.329 e. The molecule has 1 aliphatic heterocycles. The van der Waals surface area contributed by atoms with Crippen LogP contribution in [0, 0.1) is 13.8 Å². The van der Waals surface area contributed by atoms with Crippen molar-refractivity contribution in [3.63, 3.8) is 0 Å². The van der Waals surface area contributed by atoms with Crippen molar-refractivity contribution in [1.29, 1.82) is 0 Å². The average Bonchev–Trinajstić information content (AvgIpc) is 2.54. The zero-order chi connectivity index (χ0) is 12.6. The van der Waals surface area contributed by atoms with E-state index >= 15 is 0 Å². The molecule has 0 aromatic heterocycles. The second kappa shape index (κ2) is 4.31. The molecule has 1 atom stereocenters. The first-order chi connectivity index (χ1) is 7.98. The van der Waals surface area contributed by atoms with Gasteiger partial charge in [-0.05, 0) is 31.4 Å². The van der Waals surface area contributed by atoms with Gasteiger partial charge < -0.3 is 5.73 Å². The highest BCUT2D eigenvalue weighted by molar-refractivity contribution is 7.93. The molecule has 17 heavy (non-hydrogen) atoms. The SMILES string of the molecule is Cc1cccc(C)c1N1CC[C@H](CN)S1(=O)=O. The Balaban J connectivity index is 2.50. The van der Waals surface area contributed by atoms with Gasteiger partial charge in [-0.25, -0.2) is 8.42 Å². The first-order valence-corrected chi connectivity index (χ1v) is 7.26. The van der Waals surface area contributed by atoms with Crippen LogP contribution in [-0.2, 0) is 10.0 Å². The van der Waals surface area contributed by atoms with Crippen molar-refractivity contribution in [2.75, 3.05) is 17.4 Å². The van der Waals surface area contributed by atoms with Crippen molar-refractivity contribution in [2.45, 2.75) is 25.5 Å². The number of nitrogens with zero attached hydrogens (tertiary/aromatic N) is 1. The number of aryl methyl sites for hydroxylation is 2. The second-order valence-corrected chi connectivity index (χ2v) is 6.64. The van der Waals surface area contributed by atoms with Gasteiger partial charge in [0.2, 0.25) is 10.0 Å². The van der Waals surface area contributed by atoms with E-state index in [2.05, 4.69) is 0 Å². The minimum atomic E-state index is -3.27. The van der Waals surface area contributed by atoms with Crippen LogP contribution in [-0.4, -0.2) is 26.8 Å². The van der Waals surface area contributed by atoms with Gasteiger partial charge in [0.1, 0.15) is 0 Å². The Morgan fingerprint density at radius 3 is 2.41 bits per heavy atom. The summed E-state index contributed by atoms with van der Waals surface area (Å²) in [6.07, 6.45) is 0.618. The maximum atomic E-state index is 12.3. The Morgan fingerprint density at radius 2 is 1.94 bits per heavy atom. The summed E-state index contributed by atoms with van der Waals surface area (Å²) in [4.78, 5) is 0. The molecule has 0 saturated carbocycles. The molecule has 1 saturated heterocycles. The van der Waals surface area contributed by atoms with E-state index in [9.17, 15) is 8.42 Å². The summed E-state index contributed by atoms with van der Waals surface area (Å²) in [5.41, 5.74) is 8.33. The highest BCUT2D eigenvalue weighted by Crippen LogP contribution is 2.33. The molecular formula is C12H18N2O2S. The van der Waals surface area contributed by atoms with Crippen molar-refractivity contribution in [2.24, 2.45) is 5.73 Å². The van der Waals surface area contributed by atoms with E-state index in [0.717, 1.165) is 16.8 Å². The van der Waals surface area contributed by atoms with Gasteiger partial charge in [-0.2, -0.15) is 0 Å². The fourth-order valence-corrected chi connectivity index (χ4v) is 4.30. The van der Waals surface area contributed by atoms with Crippen LogP contribution in [0.5, 0.6) is 0 Å². The summed E-state index contributed by atoms with van der Waals surface area (Å²) in [7, 11) is -3.27. The Morgan fingerprint density at radius 1 is 1.35 bits per heavy atom. The molecule has 0 aliphatic carbocycles. The van der Waals surface area contributed by atoms with Crippen LogP contribution in [0.2, 0.25) is 0 Å². The molecule has 1 aliphatic rings. The van der Waals surface area contributed by atoms with E-state index in [0.29, 0.717) is 13.0 Å². The van der Waals surface area contributed by atoms with Crippen LogP contribution in [0.15, 0.2) is 18.2 Å². The topological polar surface area (TPSA) is 63.4 Å². The number of sulfonamides is 1. The molecule has 4 nitrogen and oxygen atoms in total. The fourth-order valence-electron chi connectivity index (χ4n) is 2.39. The van der Waals surface area contributed by atoms with Crippen LogP contribution in [0.1, 0.15) is 17.5 Å². The van der Waals surface area contributed by atoms with Gasteiger partial charge in [0, 0.05) is 13.1 Å². The van der Waals surface area contributed by atoms with E-state index < -0.39 is 15.3 Å². The monoisotopic (exact) mass is 254 g/mol. The van der Waals surface area contributed by atoms with Crippen LogP contribution in [0.3, 0.4) is 0 Å². The van der Waals surface area contributed by atoms with Crippen molar-refractivity contribution in [1.82, 2.24) is 0 Å². The van der Waals surface area contributed by atoms with E-state index in [-0.39, 0.29) is 6.54 Å². The first-order valence-electron chi connectivity index (χ1n) is 5.76. The molecule has 1 aromatic carbocycles. The van der Waals surface area contributed by atoms with Gasteiger partial charge in [0.05, 0.1) is 10.9 Å². The average molecular weight is 254 g/mol. The molecule has 0 unspecified atom stereocenters. The Hall–Kier alpha value is -1.07. The van der Waals surface area contributed by atoms with Crippen molar-refractivity contribution in [3.05, 3.63) is 29.3 Å². The standard InChI is InChI=1S/C12H18N2O2S/c1-9-4-3-5-10(2)12(9)14-7-6-11(8-13)17(14,15)16/h3-5,11H,6-8,13H2,1-2H3/t11-/m1/s1. The molecular weight excluding hydrogens is 236 g/mol. The highest BCUT2D eigenvalue weighted by Gasteiger charge is 2.38. The molecule has 0 bridgehead atoms. The van der Waals surface area contributed by atoms with Crippen molar-refractivity contribution >= 4 is 15.7 Å². The number of anilines is 1. The predicted octanol–water partition coefficient (Wildman–Crippen LogP) is 1.17. The highest BCUT2D eigenvalue weighted by atomic mass is 32.2. The van der Waals surface area contributed by atoms with E-state index in [1.807, 2.05) is 32.0 Å². The molecule has 0 spiro atoms. The summed E-state index contributed by atoms with van der Waals surface area (Å²) < 4.78 is 26.1. The van der Waals surface area contributed by atoms with Crippen LogP contribution in [0.4, 0.5) is 5.69 Å². The second-order valence-electron chi connectivity index (χ2n) is 4.50. The van der Waals surface area contributed by atoms with Gasteiger partial charge in [-0.3, -0.25) is 4.31 Å². The maximum absolute atomic E-state index is 12.3. The third kappa shape index (κ3) is 1.93. The maximum Gasteiger partial charge on any atom is 0.239 e. The number of para-hydroxylation sites is 1. The Bertz CT molecular complexity index is 505. The summed E-state index contributed by atoms with van der Waals surface area (Å²) in [6.45, 7) is 4.61. The van der Waals surface area contributed by atoms with Gasteiger partial charge in [-0.1, -0.05) is 18.2 Å². The van der Waals surface area contributed by atoms with Gasteiger partial charge >= 0.3 is 0 Å². The lowest BCUT2D eigenvalue weighted by Crippen LogP contribution is -2.33. The van der Waals surface area contributed by atoms with Crippen LogP contribution >= 0.6 is 0 Å². The minimum Gasteiger partial charge on any atom is -0.329 e. The van der Waals surface area contributed by atoms with Gasteiger partial charge in [-0.15, -0.1) is 0 Å². The number of nitrogens with two attached hydrogens (primary N) is 1. The molecule has 1 heterocycles. The summed E-state index contributed by atoms with van der Waals surface area (Å²) in [6, 6.07) is 5.82. The lowest BCUT2D eigenvalue weighted by molar-refractivity contribution is 0.588. The third-order valence-electron chi connectivity index (χ3n) is 3.33. The smallest absolute Gasteiger partial charge is 0.239 e. The predicted molar refractivity (Wildman–Crippen MR) is 69.6 cm³/mol. The lowest BCUT2D eigenvalue weighted by atomic mass is 10.1. The summed E-state index contributed by atoms with van der Waals surface area (Å²) in [5.74, 6) is 0. The number of hydrogen-bond acceptors (Lipinski definition) is 3. The van der Waals surface area contributed by atoms with E-state index in [1.54, 1.807) is 0 Å². The molecule has 2 rings (SSSR count). The fraction of sp³-hybridized carbons (Fsp3) is 0.500. The zero-order valence-corrected chi connectivity index (χ0v) is 11.0. The molecule has 5 heteroatoms. The molecule has 1 fully saturated rings. The van der Waals surface area contributed by atoms with Gasteiger partial charge in [0.15, 0.2) is 0 Å². The van der Waals surface area contributed by atoms with Gasteiger partial charge in [0.25, 0.3) is 0 Å². The Kier molecular flexibility index (Phi) is 3.14. The van der Waals surface area contributed by atoms with Crippen molar-refractivity contribution in [3.8, 4) is 0 Å². The summed E-state index contributed by atoms with van der Waals surface area (Å²) in [5, 5.41) is -0.429. The molecule has 0 amide bonds. The third-order valence-corrected chi connectivity index (χ3v) is 5.58. The summed E-state index contributed by atoms with van der Waals surface area (Å²) >= 11 is 0. The normalized spacial score (nSPS) is 23.0. The van der Waals surface area contributed by atoms with Crippen LogP contribution in [0.25, 0.3) is 0 Å².